The topological polar surface area (TPSA) is 104 Å². The van der Waals surface area contributed by atoms with Crippen LogP contribution in [0.25, 0.3) is 0 Å². The molecule has 1 heterocycles. The number of carbonyl (C=O) groups excluding carboxylic acids is 2. The van der Waals surface area contributed by atoms with Crippen LogP contribution in [0.1, 0.15) is 15.3 Å². The Morgan fingerprint density at radius 2 is 2.15 bits per heavy atom. The molecule has 0 saturated carbocycles. The monoisotopic (exact) mass is 335 g/mol. The third-order valence-corrected chi connectivity index (χ3v) is 4.69. The number of carbonyl (C=O) groups is 2. The first-order valence-electron chi connectivity index (χ1n) is 5.85. The maximum atomic E-state index is 12.1. The van der Waals surface area contributed by atoms with Crippen LogP contribution in [0.4, 0.5) is 0 Å². The van der Waals surface area contributed by atoms with E-state index in [0.717, 1.165) is 0 Å². The standard InChI is InChI=1S/C10H18NO6PS.Na.H/c1-3-17-10(13)8-5-19-6-11(8)9(12)7(2)4-18(14,15)16;;/h7-8H,3-6H2,1-2H3,(H2,14,15,16);;/q;+1;-1. The fourth-order valence-corrected chi connectivity index (χ4v) is 3.83. The van der Waals surface area contributed by atoms with Gasteiger partial charge in [0.1, 0.15) is 6.04 Å². The average molecular weight is 335 g/mol. The summed E-state index contributed by atoms with van der Waals surface area (Å²) >= 11 is 1.42. The number of thioether (sulfide) groups is 1. The zero-order valence-corrected chi connectivity index (χ0v) is 15.5. The molecule has 0 spiro atoms. The molecule has 1 fully saturated rings. The van der Waals surface area contributed by atoms with Crippen molar-refractivity contribution in [3.8, 4) is 0 Å². The molecule has 0 aromatic rings. The van der Waals surface area contributed by atoms with E-state index in [1.165, 1.54) is 23.6 Å². The molecule has 0 aromatic heterocycles. The molecule has 0 bridgehead atoms. The van der Waals surface area contributed by atoms with Crippen molar-refractivity contribution in [3.05, 3.63) is 0 Å². The maximum Gasteiger partial charge on any atom is 1.00 e. The van der Waals surface area contributed by atoms with Gasteiger partial charge < -0.3 is 20.9 Å². The Morgan fingerprint density at radius 1 is 1.55 bits per heavy atom. The predicted molar refractivity (Wildman–Crippen MR) is 71.8 cm³/mol. The summed E-state index contributed by atoms with van der Waals surface area (Å²) in [5, 5.41) is 0. The van der Waals surface area contributed by atoms with Gasteiger partial charge in [-0.2, -0.15) is 0 Å². The number of esters is 1. The van der Waals surface area contributed by atoms with Crippen molar-refractivity contribution in [2.24, 2.45) is 5.92 Å². The second-order valence-electron chi connectivity index (χ2n) is 4.32. The molecule has 0 aliphatic carbocycles. The zero-order chi connectivity index (χ0) is 14.6. The molecule has 0 aromatic carbocycles. The Bertz CT molecular complexity index is 409. The van der Waals surface area contributed by atoms with Crippen LogP contribution >= 0.6 is 19.4 Å². The van der Waals surface area contributed by atoms with Gasteiger partial charge in [-0.25, -0.2) is 4.79 Å². The van der Waals surface area contributed by atoms with E-state index >= 15 is 0 Å². The van der Waals surface area contributed by atoms with E-state index in [1.807, 2.05) is 0 Å². The number of rotatable bonds is 5. The second kappa shape index (κ2) is 8.78. The first-order valence-corrected chi connectivity index (χ1v) is 8.81. The van der Waals surface area contributed by atoms with Crippen molar-refractivity contribution in [2.75, 3.05) is 24.4 Å². The van der Waals surface area contributed by atoms with E-state index in [4.69, 9.17) is 14.5 Å². The SMILES string of the molecule is CCOC(=O)C1CSCN1C(=O)C(C)CP(=O)(O)O.[H-].[Na+]. The van der Waals surface area contributed by atoms with Crippen LogP contribution in [-0.4, -0.2) is 57.0 Å². The van der Waals surface area contributed by atoms with Gasteiger partial charge in [0.25, 0.3) is 0 Å². The average Bonchev–Trinajstić information content (AvgIpc) is 2.74. The van der Waals surface area contributed by atoms with Crippen molar-refractivity contribution >= 4 is 31.2 Å². The van der Waals surface area contributed by atoms with Gasteiger partial charge in [-0.1, -0.05) is 6.92 Å². The van der Waals surface area contributed by atoms with Crippen molar-refractivity contribution in [1.82, 2.24) is 4.90 Å². The fraction of sp³-hybridized carbons (Fsp3) is 0.800. The van der Waals surface area contributed by atoms with Crippen molar-refractivity contribution in [2.45, 2.75) is 19.9 Å². The quantitative estimate of drug-likeness (QED) is 0.322. The fourth-order valence-electron chi connectivity index (χ4n) is 1.81. The zero-order valence-electron chi connectivity index (χ0n) is 12.8. The van der Waals surface area contributed by atoms with Gasteiger partial charge in [-0.3, -0.25) is 9.36 Å². The third kappa shape index (κ3) is 6.05. The first-order chi connectivity index (χ1) is 8.76. The van der Waals surface area contributed by atoms with Gasteiger partial charge in [0.2, 0.25) is 5.91 Å². The van der Waals surface area contributed by atoms with Crippen LogP contribution in [0.3, 0.4) is 0 Å². The molecule has 1 saturated heterocycles. The van der Waals surface area contributed by atoms with Crippen LogP contribution in [0, 0.1) is 5.92 Å². The Morgan fingerprint density at radius 3 is 2.65 bits per heavy atom. The Balaban J connectivity index is 0. The second-order valence-corrected chi connectivity index (χ2v) is 7.02. The molecule has 2 unspecified atom stereocenters. The number of amides is 1. The first kappa shape index (κ1) is 20.4. The molecule has 2 atom stereocenters. The largest absolute Gasteiger partial charge is 1.00 e. The molecule has 7 nitrogen and oxygen atoms in total. The predicted octanol–water partition coefficient (Wildman–Crippen LogP) is -2.62. The number of nitrogens with zero attached hydrogens (tertiary/aromatic N) is 1. The maximum absolute atomic E-state index is 12.1. The van der Waals surface area contributed by atoms with Gasteiger partial charge in [-0.05, 0) is 6.92 Å². The normalized spacial score (nSPS) is 20.2. The minimum Gasteiger partial charge on any atom is -1.00 e. The molecule has 20 heavy (non-hydrogen) atoms. The van der Waals surface area contributed by atoms with Crippen molar-refractivity contribution in [1.29, 1.82) is 0 Å². The summed E-state index contributed by atoms with van der Waals surface area (Å²) in [5.41, 5.74) is 0. The van der Waals surface area contributed by atoms with Crippen LogP contribution in [0.2, 0.25) is 0 Å². The van der Waals surface area contributed by atoms with Gasteiger partial charge in [0, 0.05) is 11.7 Å². The molecule has 1 aliphatic rings. The summed E-state index contributed by atoms with van der Waals surface area (Å²) in [4.78, 5) is 42.9. The smallest absolute Gasteiger partial charge is 1.00 e. The van der Waals surface area contributed by atoms with Crippen LogP contribution in [0.5, 0.6) is 0 Å². The summed E-state index contributed by atoms with van der Waals surface area (Å²) in [5.74, 6) is -0.923. The summed E-state index contributed by atoms with van der Waals surface area (Å²) < 4.78 is 15.8. The van der Waals surface area contributed by atoms with Crippen LogP contribution in [0.15, 0.2) is 0 Å². The van der Waals surface area contributed by atoms with Crippen molar-refractivity contribution < 1.29 is 59.7 Å². The molecule has 0 radical (unpaired) electrons. The van der Waals surface area contributed by atoms with Crippen molar-refractivity contribution in [3.63, 3.8) is 0 Å². The van der Waals surface area contributed by atoms with Gasteiger partial charge in [-0.15, -0.1) is 11.8 Å². The molecule has 2 N–H and O–H groups in total. The minimum atomic E-state index is -4.24. The van der Waals surface area contributed by atoms with E-state index in [9.17, 15) is 14.2 Å². The van der Waals surface area contributed by atoms with Gasteiger partial charge >= 0.3 is 43.1 Å². The Labute approximate surface area is 145 Å². The van der Waals surface area contributed by atoms with E-state index in [1.54, 1.807) is 6.92 Å². The molecule has 1 rings (SSSR count). The number of hydrogen-bond acceptors (Lipinski definition) is 5. The molecule has 10 heteroatoms. The van der Waals surface area contributed by atoms with Gasteiger partial charge in [0.05, 0.1) is 18.6 Å². The van der Waals surface area contributed by atoms with E-state index in [2.05, 4.69) is 0 Å². The molecule has 1 aliphatic heterocycles. The molecule has 1 amide bonds. The summed E-state index contributed by atoms with van der Waals surface area (Å²) in [7, 11) is -4.24. The molecule has 112 valence electrons. The summed E-state index contributed by atoms with van der Waals surface area (Å²) in [6.07, 6.45) is -0.511. The molecular formula is C10H19NNaO6PS. The van der Waals surface area contributed by atoms with Gasteiger partial charge in [0.15, 0.2) is 0 Å². The number of ether oxygens (including phenoxy) is 1. The van der Waals surface area contributed by atoms with E-state index < -0.39 is 37.6 Å². The van der Waals surface area contributed by atoms with Crippen LogP contribution < -0.4 is 29.6 Å². The third-order valence-electron chi connectivity index (χ3n) is 2.66. The summed E-state index contributed by atoms with van der Waals surface area (Å²) in [6, 6.07) is -0.656. The molecular weight excluding hydrogens is 316 g/mol. The number of hydrogen-bond donors (Lipinski definition) is 2. The van der Waals surface area contributed by atoms with Crippen LogP contribution in [-0.2, 0) is 18.9 Å². The Hall–Kier alpha value is 0.440. The Kier molecular flexibility index (Phi) is 8.97. The van der Waals surface area contributed by atoms with E-state index in [-0.39, 0.29) is 37.6 Å². The minimum absolute atomic E-state index is 0. The summed E-state index contributed by atoms with van der Waals surface area (Å²) in [6.45, 7) is 3.37. The van der Waals surface area contributed by atoms with E-state index in [0.29, 0.717) is 11.6 Å².